The number of hydrogen-bond acceptors (Lipinski definition) is 18. The molecule has 1 aromatic rings. The monoisotopic (exact) mass is 880 g/mol. The summed E-state index contributed by atoms with van der Waals surface area (Å²) < 4.78 is 47.1. The van der Waals surface area contributed by atoms with E-state index in [4.69, 9.17) is 28.4 Å². The predicted molar refractivity (Wildman–Crippen MR) is 214 cm³/mol. The Morgan fingerprint density at radius 1 is 0.484 bits per heavy atom. The Hall–Kier alpha value is -6.10. The van der Waals surface area contributed by atoms with E-state index in [1.165, 1.54) is 12.2 Å². The van der Waals surface area contributed by atoms with Crippen LogP contribution < -0.4 is 33.0 Å². The molecule has 0 aromatic carbocycles. The number of nitrogens with one attached hydrogen (secondary N) is 3. The van der Waals surface area contributed by atoms with Crippen molar-refractivity contribution in [3.63, 3.8) is 0 Å². The van der Waals surface area contributed by atoms with Crippen LogP contribution in [0.15, 0.2) is 49.9 Å². The van der Waals surface area contributed by atoms with Crippen molar-refractivity contribution in [2.24, 2.45) is 0 Å². The minimum absolute atomic E-state index is 0.00954. The van der Waals surface area contributed by atoms with E-state index in [1.807, 2.05) is 0 Å². The van der Waals surface area contributed by atoms with Gasteiger partial charge in [-0.25, -0.2) is 52.1 Å². The van der Waals surface area contributed by atoms with Gasteiger partial charge in [-0.3, -0.25) is 5.32 Å². The first kappa shape index (κ1) is 48.6. The van der Waals surface area contributed by atoms with Gasteiger partial charge in [0, 0.05) is 32.7 Å². The molecule has 62 heavy (non-hydrogen) atoms. The first-order valence-electron chi connectivity index (χ1n) is 20.8. The molecule has 3 N–H and O–H groups in total. The smallest absolute Gasteiger partial charge is 0.445 e. The molecular formula is C39H56N6O17. The van der Waals surface area contributed by atoms with Crippen molar-refractivity contribution in [1.29, 1.82) is 0 Å². The fraction of sp³-hybridized carbons (Fsp3) is 0.641. The van der Waals surface area contributed by atoms with Gasteiger partial charge in [0.2, 0.25) is 0 Å². The number of nitrogens with zero attached hydrogens (tertiary/aromatic N) is 3. The summed E-state index contributed by atoms with van der Waals surface area (Å²) in [5, 5.41) is 8.43. The molecule has 0 bridgehead atoms. The molecule has 0 aliphatic carbocycles. The maximum atomic E-state index is 13.5. The van der Waals surface area contributed by atoms with Gasteiger partial charge < -0.3 is 53.3 Å². The highest BCUT2D eigenvalue weighted by Gasteiger charge is 2.20. The second kappa shape index (κ2) is 27.7. The van der Waals surface area contributed by atoms with E-state index in [0.717, 1.165) is 33.0 Å². The summed E-state index contributed by atoms with van der Waals surface area (Å²) in [6.45, 7) is 2.26. The number of hydrogen-bond donors (Lipinski definition) is 3. The van der Waals surface area contributed by atoms with Crippen LogP contribution in [0.25, 0.3) is 0 Å². The molecule has 2 amide bonds. The second-order valence-corrected chi connectivity index (χ2v) is 14.0. The van der Waals surface area contributed by atoms with Gasteiger partial charge in [0.1, 0.15) is 30.5 Å². The molecule has 4 rings (SSSR count). The van der Waals surface area contributed by atoms with Crippen molar-refractivity contribution >= 4 is 30.7 Å². The Labute approximate surface area is 356 Å². The number of unbranched alkanes of at least 4 members (excludes halogenated alkanes) is 9. The van der Waals surface area contributed by atoms with Crippen molar-refractivity contribution < 1.29 is 66.6 Å². The van der Waals surface area contributed by atoms with E-state index in [2.05, 4.69) is 30.2 Å². The molecular weight excluding hydrogens is 824 g/mol. The first-order chi connectivity index (χ1) is 30.1. The van der Waals surface area contributed by atoms with Gasteiger partial charge in [0.05, 0.1) is 13.3 Å². The van der Waals surface area contributed by atoms with Crippen LogP contribution in [0.2, 0.25) is 0 Å². The minimum atomic E-state index is -0.803. The maximum Gasteiger partial charge on any atom is 0.514 e. The fourth-order valence-corrected chi connectivity index (χ4v) is 6.08. The molecule has 23 nitrogen and oxygen atoms in total. The zero-order chi connectivity index (χ0) is 44.4. The molecule has 0 unspecified atom stereocenters. The van der Waals surface area contributed by atoms with Crippen LogP contribution in [0.5, 0.6) is 0 Å². The van der Waals surface area contributed by atoms with Crippen LogP contribution in [0.1, 0.15) is 77.0 Å². The predicted octanol–water partition coefficient (Wildman–Crippen LogP) is 3.02. The van der Waals surface area contributed by atoms with Gasteiger partial charge >= 0.3 is 47.7 Å². The second-order valence-electron chi connectivity index (χ2n) is 14.0. The Morgan fingerprint density at radius 2 is 0.839 bits per heavy atom. The summed E-state index contributed by atoms with van der Waals surface area (Å²) in [5.74, 6) is 0.955. The Balaban J connectivity index is 1.18. The normalized spacial score (nSPS) is 16.5. The Morgan fingerprint density at radius 3 is 1.21 bits per heavy atom. The van der Waals surface area contributed by atoms with Gasteiger partial charge in [-0.1, -0.05) is 38.5 Å². The van der Waals surface area contributed by atoms with Crippen molar-refractivity contribution in [3.8, 4) is 0 Å². The van der Waals surface area contributed by atoms with Crippen LogP contribution in [-0.2, 0) is 62.3 Å². The van der Waals surface area contributed by atoms with Crippen LogP contribution in [0.3, 0.4) is 0 Å². The average molecular weight is 881 g/mol. The molecule has 3 saturated heterocycles. The average Bonchev–Trinajstić information content (AvgIpc) is 3.99. The lowest BCUT2D eigenvalue weighted by atomic mass is 10.2. The summed E-state index contributed by atoms with van der Waals surface area (Å²) in [6, 6.07) is 0. The molecule has 23 heteroatoms. The number of cyclic esters (lactones) is 6. The van der Waals surface area contributed by atoms with Crippen molar-refractivity contribution in [2.45, 2.75) is 96.7 Å². The summed E-state index contributed by atoms with van der Waals surface area (Å²) in [5.41, 5.74) is -1.95. The summed E-state index contributed by atoms with van der Waals surface area (Å²) in [7, 11) is 0. The van der Waals surface area contributed by atoms with E-state index in [9.17, 15) is 38.4 Å². The molecule has 3 fully saturated rings. The SMILES string of the molecule is O=C(NCCCCCCn1c(=O)n(CCCCCCNCOC/C=C2/COC(=O)O2)c(=O)n(CCCCCCNC(=O)OC/C=C2/COC(=O)O2)c1=O)OC/C=C1/COC(=O)O1. The van der Waals surface area contributed by atoms with Gasteiger partial charge in [0.25, 0.3) is 0 Å². The number of ether oxygens (including phenoxy) is 9. The topological polar surface area (TPSA) is 271 Å². The summed E-state index contributed by atoms with van der Waals surface area (Å²) in [6.07, 6.45) is 8.82. The molecule has 0 radical (unpaired) electrons. The number of amides is 2. The van der Waals surface area contributed by atoms with Crippen molar-refractivity contribution in [3.05, 3.63) is 67.0 Å². The molecule has 0 atom stereocenters. The van der Waals surface area contributed by atoms with E-state index in [-0.39, 0.29) is 70.8 Å². The molecule has 3 aliphatic heterocycles. The largest absolute Gasteiger partial charge is 0.514 e. The van der Waals surface area contributed by atoms with Gasteiger partial charge in [-0.2, -0.15) is 0 Å². The highest BCUT2D eigenvalue weighted by Crippen LogP contribution is 2.11. The fourth-order valence-electron chi connectivity index (χ4n) is 6.08. The third-order valence-electron chi connectivity index (χ3n) is 9.35. The van der Waals surface area contributed by atoms with E-state index in [1.54, 1.807) is 6.08 Å². The number of aromatic nitrogens is 3. The van der Waals surface area contributed by atoms with Crippen LogP contribution in [-0.4, -0.2) is 110 Å². The van der Waals surface area contributed by atoms with Crippen LogP contribution >= 0.6 is 0 Å². The molecule has 4 heterocycles. The van der Waals surface area contributed by atoms with Gasteiger partial charge in [-0.05, 0) is 63.3 Å². The third kappa shape index (κ3) is 18.3. The van der Waals surface area contributed by atoms with Crippen LogP contribution in [0.4, 0.5) is 24.0 Å². The highest BCUT2D eigenvalue weighted by atomic mass is 16.8. The number of rotatable bonds is 29. The molecule has 0 saturated carbocycles. The molecule has 1 aromatic heterocycles. The number of carbonyl (C=O) groups excluding carboxylic acids is 5. The van der Waals surface area contributed by atoms with Crippen LogP contribution in [0, 0.1) is 0 Å². The lowest BCUT2D eigenvalue weighted by molar-refractivity contribution is 0.132. The maximum absolute atomic E-state index is 13.5. The van der Waals surface area contributed by atoms with Gasteiger partial charge in [0.15, 0.2) is 19.8 Å². The van der Waals surface area contributed by atoms with E-state index < -0.39 is 47.7 Å². The minimum Gasteiger partial charge on any atom is -0.445 e. The molecule has 0 spiro atoms. The van der Waals surface area contributed by atoms with Crippen molar-refractivity contribution in [1.82, 2.24) is 29.7 Å². The Kier molecular flexibility index (Phi) is 21.7. The Bertz CT molecular complexity index is 1830. The van der Waals surface area contributed by atoms with Gasteiger partial charge in [-0.15, -0.1) is 0 Å². The molecule has 3 aliphatic rings. The standard InChI is InChI=1S/C39H56N6O17/c46-32(55-23-14-30-26-58-38(52)61-30)41-17-8-2-5-11-20-44-34(48)43(19-10-4-1-7-16-40-28-54-22-13-29-25-57-37(51)60-29)35(49)45(36(44)50)21-12-6-3-9-18-42-33(47)56-24-15-31-27-59-39(53)62-31/h13-15,40H,1-12,16-28H2,(H,41,46)(H,42,47)/b29-13-,30-14-,31-15-. The quantitative estimate of drug-likeness (QED) is 0.0452. The number of alkyl carbamates (subject to hydrolysis) is 2. The third-order valence-corrected chi connectivity index (χ3v) is 9.35. The van der Waals surface area contributed by atoms with E-state index in [0.29, 0.717) is 89.9 Å². The summed E-state index contributed by atoms with van der Waals surface area (Å²) in [4.78, 5) is 97.2. The zero-order valence-corrected chi connectivity index (χ0v) is 34.7. The summed E-state index contributed by atoms with van der Waals surface area (Å²) >= 11 is 0. The lowest BCUT2D eigenvalue weighted by Gasteiger charge is -2.14. The lowest BCUT2D eigenvalue weighted by Crippen LogP contribution is -2.54. The highest BCUT2D eigenvalue weighted by molar-refractivity contribution is 5.68. The van der Waals surface area contributed by atoms with Crippen molar-refractivity contribution in [2.75, 3.05) is 66.0 Å². The van der Waals surface area contributed by atoms with E-state index >= 15 is 0 Å². The number of carbonyl (C=O) groups is 5. The molecule has 344 valence electrons. The first-order valence-corrected chi connectivity index (χ1v) is 20.8. The zero-order valence-electron chi connectivity index (χ0n) is 34.7.